The minimum atomic E-state index is 0.130. The molecule has 104 valence electrons. The van der Waals surface area contributed by atoms with Crippen LogP contribution in [0.4, 0.5) is 0 Å². The summed E-state index contributed by atoms with van der Waals surface area (Å²) in [6, 6.07) is 0.182. The van der Waals surface area contributed by atoms with Crippen molar-refractivity contribution in [3.05, 3.63) is 0 Å². The maximum Gasteiger partial charge on any atom is 0.221 e. The molecule has 2 heterocycles. The van der Waals surface area contributed by atoms with Gasteiger partial charge in [0.25, 0.3) is 0 Å². The Hall–Kier alpha value is -0.650. The van der Waals surface area contributed by atoms with Crippen LogP contribution in [0.3, 0.4) is 0 Å². The third kappa shape index (κ3) is 4.92. The fourth-order valence-corrected chi connectivity index (χ4v) is 2.50. The summed E-state index contributed by atoms with van der Waals surface area (Å²) in [5.74, 6) is 0.847. The molecule has 2 rings (SSSR count). The number of hydrogen-bond acceptors (Lipinski definition) is 4. The molecule has 0 aromatic carbocycles. The number of ether oxygens (including phenoxy) is 2. The topological polar surface area (TPSA) is 59.6 Å². The zero-order chi connectivity index (χ0) is 12.6. The van der Waals surface area contributed by atoms with Crippen molar-refractivity contribution in [1.82, 2.24) is 10.6 Å². The number of carbonyl (C=O) groups is 1. The highest BCUT2D eigenvalue weighted by molar-refractivity contribution is 5.76. The van der Waals surface area contributed by atoms with E-state index in [1.54, 1.807) is 0 Å². The van der Waals surface area contributed by atoms with Gasteiger partial charge in [0.05, 0.1) is 13.2 Å². The van der Waals surface area contributed by atoms with E-state index in [1.807, 2.05) is 0 Å². The van der Waals surface area contributed by atoms with Crippen LogP contribution in [0.15, 0.2) is 0 Å². The monoisotopic (exact) mass is 256 g/mol. The number of hydrogen-bond donors (Lipinski definition) is 2. The predicted molar refractivity (Wildman–Crippen MR) is 68.4 cm³/mol. The van der Waals surface area contributed by atoms with Crippen molar-refractivity contribution in [3.8, 4) is 0 Å². The first-order valence-electron chi connectivity index (χ1n) is 7.00. The van der Waals surface area contributed by atoms with Gasteiger partial charge in [-0.3, -0.25) is 4.79 Å². The molecule has 5 heteroatoms. The second-order valence-corrected chi connectivity index (χ2v) is 5.12. The Morgan fingerprint density at radius 3 is 2.78 bits per heavy atom. The molecular weight excluding hydrogens is 232 g/mol. The molecule has 2 fully saturated rings. The molecule has 0 saturated carbocycles. The Balaban J connectivity index is 1.53. The molecule has 0 spiro atoms. The number of carbonyl (C=O) groups excluding carboxylic acids is 1. The quantitative estimate of drug-likeness (QED) is 0.742. The van der Waals surface area contributed by atoms with E-state index in [4.69, 9.17) is 9.47 Å². The Bertz CT molecular complexity index is 249. The highest BCUT2D eigenvalue weighted by Gasteiger charge is 2.17. The Morgan fingerprint density at radius 2 is 2.06 bits per heavy atom. The molecule has 2 N–H and O–H groups in total. The Kier molecular flexibility index (Phi) is 5.90. The average molecular weight is 256 g/mol. The molecule has 0 aliphatic carbocycles. The molecule has 1 amide bonds. The molecular formula is C13H24N2O3. The van der Waals surface area contributed by atoms with E-state index < -0.39 is 0 Å². The van der Waals surface area contributed by atoms with Crippen LogP contribution in [-0.2, 0) is 14.3 Å². The normalized spacial score (nSPS) is 25.9. The van der Waals surface area contributed by atoms with Gasteiger partial charge in [0, 0.05) is 38.8 Å². The van der Waals surface area contributed by atoms with Crippen LogP contribution in [0.1, 0.15) is 25.7 Å². The third-order valence-electron chi connectivity index (χ3n) is 3.65. The number of amides is 1. The van der Waals surface area contributed by atoms with Crippen molar-refractivity contribution < 1.29 is 14.3 Å². The van der Waals surface area contributed by atoms with E-state index in [2.05, 4.69) is 10.6 Å². The smallest absolute Gasteiger partial charge is 0.221 e. The van der Waals surface area contributed by atoms with Crippen LogP contribution >= 0.6 is 0 Å². The van der Waals surface area contributed by atoms with Crippen LogP contribution < -0.4 is 10.6 Å². The van der Waals surface area contributed by atoms with Crippen molar-refractivity contribution in [1.29, 1.82) is 0 Å². The molecule has 2 saturated heterocycles. The summed E-state index contributed by atoms with van der Waals surface area (Å²) in [7, 11) is 0. The lowest BCUT2D eigenvalue weighted by Crippen LogP contribution is -2.44. The van der Waals surface area contributed by atoms with E-state index in [0.717, 1.165) is 58.1 Å². The lowest BCUT2D eigenvalue weighted by Gasteiger charge is -2.24. The van der Waals surface area contributed by atoms with Crippen LogP contribution in [0.25, 0.3) is 0 Å². The molecule has 0 aromatic rings. The fraction of sp³-hybridized carbons (Fsp3) is 0.923. The van der Waals surface area contributed by atoms with E-state index >= 15 is 0 Å². The lowest BCUT2D eigenvalue weighted by molar-refractivity contribution is -0.122. The van der Waals surface area contributed by atoms with Gasteiger partial charge < -0.3 is 20.1 Å². The number of rotatable bonds is 5. The second kappa shape index (κ2) is 7.71. The Morgan fingerprint density at radius 1 is 1.22 bits per heavy atom. The highest BCUT2D eigenvalue weighted by atomic mass is 16.5. The molecule has 2 aliphatic heterocycles. The summed E-state index contributed by atoms with van der Waals surface area (Å²) in [4.78, 5) is 11.7. The standard InChI is InChI=1S/C13H24N2O3/c16-13(9-12-10-18-8-5-14-12)15-4-1-11-2-6-17-7-3-11/h11-12,14H,1-10H2,(H,15,16). The predicted octanol–water partition coefficient (Wildman–Crippen LogP) is 0.298. The zero-order valence-electron chi connectivity index (χ0n) is 11.0. The summed E-state index contributed by atoms with van der Waals surface area (Å²) < 4.78 is 10.6. The minimum absolute atomic E-state index is 0.130. The highest BCUT2D eigenvalue weighted by Crippen LogP contribution is 2.17. The van der Waals surface area contributed by atoms with Gasteiger partial charge in [-0.15, -0.1) is 0 Å². The van der Waals surface area contributed by atoms with Crippen LogP contribution in [-0.4, -0.2) is 51.5 Å². The molecule has 5 nitrogen and oxygen atoms in total. The van der Waals surface area contributed by atoms with Gasteiger partial charge in [-0.1, -0.05) is 0 Å². The van der Waals surface area contributed by atoms with E-state index in [9.17, 15) is 4.79 Å². The summed E-state index contributed by atoms with van der Waals surface area (Å²) in [5, 5.41) is 6.29. The molecule has 0 aromatic heterocycles. The maximum atomic E-state index is 11.7. The number of morpholine rings is 1. The largest absolute Gasteiger partial charge is 0.381 e. The van der Waals surface area contributed by atoms with Crippen LogP contribution in [0.5, 0.6) is 0 Å². The first-order chi connectivity index (χ1) is 8.84. The summed E-state index contributed by atoms with van der Waals surface area (Å²) in [6.45, 7) is 4.79. The average Bonchev–Trinajstić information content (AvgIpc) is 2.41. The fourth-order valence-electron chi connectivity index (χ4n) is 2.50. The van der Waals surface area contributed by atoms with Gasteiger partial charge in [0.15, 0.2) is 0 Å². The Labute approximate surface area is 109 Å². The van der Waals surface area contributed by atoms with Crippen molar-refractivity contribution in [3.63, 3.8) is 0 Å². The van der Waals surface area contributed by atoms with Gasteiger partial charge in [-0.05, 0) is 25.2 Å². The van der Waals surface area contributed by atoms with E-state index in [-0.39, 0.29) is 11.9 Å². The van der Waals surface area contributed by atoms with Crippen molar-refractivity contribution in [2.45, 2.75) is 31.7 Å². The van der Waals surface area contributed by atoms with Crippen molar-refractivity contribution >= 4 is 5.91 Å². The van der Waals surface area contributed by atoms with E-state index in [0.29, 0.717) is 13.0 Å². The summed E-state index contributed by atoms with van der Waals surface area (Å²) in [5.41, 5.74) is 0. The molecule has 1 unspecified atom stereocenters. The lowest BCUT2D eigenvalue weighted by atomic mass is 9.97. The first-order valence-corrected chi connectivity index (χ1v) is 7.00. The van der Waals surface area contributed by atoms with Crippen molar-refractivity contribution in [2.75, 3.05) is 39.5 Å². The van der Waals surface area contributed by atoms with Crippen LogP contribution in [0, 0.1) is 5.92 Å². The van der Waals surface area contributed by atoms with Gasteiger partial charge in [0.1, 0.15) is 0 Å². The first kappa shape index (κ1) is 13.8. The van der Waals surface area contributed by atoms with Gasteiger partial charge in [0.2, 0.25) is 5.91 Å². The van der Waals surface area contributed by atoms with Gasteiger partial charge >= 0.3 is 0 Å². The third-order valence-corrected chi connectivity index (χ3v) is 3.65. The van der Waals surface area contributed by atoms with Crippen LogP contribution in [0.2, 0.25) is 0 Å². The zero-order valence-corrected chi connectivity index (χ0v) is 11.0. The maximum absolute atomic E-state index is 11.7. The molecule has 0 bridgehead atoms. The minimum Gasteiger partial charge on any atom is -0.381 e. The molecule has 18 heavy (non-hydrogen) atoms. The summed E-state index contributed by atoms with van der Waals surface area (Å²) >= 11 is 0. The molecule has 2 aliphatic rings. The molecule has 0 radical (unpaired) electrons. The van der Waals surface area contributed by atoms with Gasteiger partial charge in [-0.25, -0.2) is 0 Å². The van der Waals surface area contributed by atoms with E-state index in [1.165, 1.54) is 0 Å². The summed E-state index contributed by atoms with van der Waals surface area (Å²) in [6.07, 6.45) is 3.86. The second-order valence-electron chi connectivity index (χ2n) is 5.12. The SMILES string of the molecule is O=C(CC1COCCN1)NCCC1CCOCC1. The van der Waals surface area contributed by atoms with Crippen molar-refractivity contribution in [2.24, 2.45) is 5.92 Å². The van der Waals surface area contributed by atoms with Gasteiger partial charge in [-0.2, -0.15) is 0 Å². The number of nitrogens with one attached hydrogen (secondary N) is 2. The molecule has 1 atom stereocenters.